The number of diazo groups is 1. The highest BCUT2D eigenvalue weighted by Gasteiger charge is 2.29. The Hall–Kier alpha value is -4.15. The molecule has 0 saturated carbocycles. The first-order chi connectivity index (χ1) is 20.4. The van der Waals surface area contributed by atoms with E-state index in [2.05, 4.69) is 15.2 Å². The van der Waals surface area contributed by atoms with Gasteiger partial charge >= 0.3 is 19.1 Å². The van der Waals surface area contributed by atoms with E-state index in [1.807, 2.05) is 12.1 Å². The fourth-order valence-corrected chi connectivity index (χ4v) is 3.70. The van der Waals surface area contributed by atoms with Gasteiger partial charge in [0.1, 0.15) is 11.5 Å². The standard InChI is InChI=1S/C29H32F3N4O2.BF4/c30-29(31,32)23-9-11-25(12-10-23)35-36-26-15-19-28(20-16-26)38-22-8-6-4-2-1-3-5-7-21-37-27-17-13-24(34-33)14-18-27;2-1(3,4)5/h9-20H,1-8,21-22H2;/q+1;-1/b36-35+;. The number of hydrogen-bond donors (Lipinski definition) is 0. The van der Waals surface area contributed by atoms with E-state index in [1.54, 1.807) is 36.4 Å². The summed E-state index contributed by atoms with van der Waals surface area (Å²) >= 11 is 0. The number of alkyl halides is 3. The molecule has 232 valence electrons. The highest BCUT2D eigenvalue weighted by molar-refractivity contribution is 6.50. The molecule has 43 heavy (non-hydrogen) atoms. The molecule has 0 bridgehead atoms. The lowest BCUT2D eigenvalue weighted by molar-refractivity contribution is -0.137. The molecule has 0 aliphatic rings. The van der Waals surface area contributed by atoms with Crippen molar-refractivity contribution in [3.8, 4) is 11.5 Å². The van der Waals surface area contributed by atoms with E-state index in [-0.39, 0.29) is 0 Å². The fraction of sp³-hybridized carbons (Fsp3) is 0.379. The third-order valence-corrected chi connectivity index (χ3v) is 5.84. The van der Waals surface area contributed by atoms with Crippen molar-refractivity contribution in [2.45, 2.75) is 57.5 Å². The van der Waals surface area contributed by atoms with Gasteiger partial charge in [-0.1, -0.05) is 38.5 Å². The Balaban J connectivity index is 0.00000119. The van der Waals surface area contributed by atoms with E-state index in [1.165, 1.54) is 37.8 Å². The number of ether oxygens (including phenoxy) is 2. The van der Waals surface area contributed by atoms with Crippen LogP contribution in [0.1, 0.15) is 56.9 Å². The molecule has 0 heterocycles. The zero-order valence-corrected chi connectivity index (χ0v) is 23.3. The molecule has 0 fully saturated rings. The zero-order chi connectivity index (χ0) is 31.6. The van der Waals surface area contributed by atoms with Crippen LogP contribution in [0.25, 0.3) is 4.98 Å². The molecule has 0 N–H and O–H groups in total. The Labute approximate surface area is 245 Å². The predicted octanol–water partition coefficient (Wildman–Crippen LogP) is 11.5. The summed E-state index contributed by atoms with van der Waals surface area (Å²) in [6.07, 6.45) is 4.74. The minimum atomic E-state index is -6.00. The molecule has 0 spiro atoms. The molecule has 0 unspecified atom stereocenters. The van der Waals surface area contributed by atoms with Crippen LogP contribution in [0.4, 0.5) is 47.5 Å². The number of halogens is 7. The Kier molecular flexibility index (Phi) is 15.0. The summed E-state index contributed by atoms with van der Waals surface area (Å²) in [6.45, 7) is 1.34. The molecule has 0 aliphatic carbocycles. The molecular formula is C29H32BF7N4O2. The average Bonchev–Trinajstić information content (AvgIpc) is 2.96. The minimum Gasteiger partial charge on any atom is -0.494 e. The lowest BCUT2D eigenvalue weighted by Gasteiger charge is -2.07. The Bertz CT molecular complexity index is 1260. The minimum absolute atomic E-state index is 0.353. The van der Waals surface area contributed by atoms with E-state index >= 15 is 0 Å². The highest BCUT2D eigenvalue weighted by atomic mass is 19.5. The van der Waals surface area contributed by atoms with Crippen LogP contribution in [0.3, 0.4) is 0 Å². The molecule has 0 saturated heterocycles. The van der Waals surface area contributed by atoms with Crippen LogP contribution in [0.15, 0.2) is 83.0 Å². The van der Waals surface area contributed by atoms with Crippen LogP contribution < -0.4 is 9.47 Å². The lowest BCUT2D eigenvalue weighted by Crippen LogP contribution is -2.03. The third-order valence-electron chi connectivity index (χ3n) is 5.84. The number of azo groups is 1. The van der Waals surface area contributed by atoms with Crippen LogP contribution in [-0.2, 0) is 6.18 Å². The monoisotopic (exact) mass is 612 g/mol. The molecule has 3 rings (SSSR count). The van der Waals surface area contributed by atoms with Gasteiger partial charge in [0.2, 0.25) is 5.39 Å². The molecule has 6 nitrogen and oxygen atoms in total. The Morgan fingerprint density at radius 1 is 0.581 bits per heavy atom. The van der Waals surface area contributed by atoms with Gasteiger partial charge in [0, 0.05) is 12.1 Å². The summed E-state index contributed by atoms with van der Waals surface area (Å²) in [5.74, 6) is 1.54. The maximum absolute atomic E-state index is 12.6. The highest BCUT2D eigenvalue weighted by Crippen LogP contribution is 2.31. The van der Waals surface area contributed by atoms with E-state index in [0.717, 1.165) is 49.3 Å². The van der Waals surface area contributed by atoms with Crippen molar-refractivity contribution in [3.63, 3.8) is 0 Å². The van der Waals surface area contributed by atoms with Crippen LogP contribution >= 0.6 is 0 Å². The van der Waals surface area contributed by atoms with Crippen molar-refractivity contribution in [2.75, 3.05) is 13.2 Å². The smallest absolute Gasteiger partial charge is 0.494 e. The van der Waals surface area contributed by atoms with Crippen LogP contribution in [0.5, 0.6) is 11.5 Å². The second-order valence-corrected chi connectivity index (χ2v) is 9.35. The van der Waals surface area contributed by atoms with Gasteiger partial charge in [-0.2, -0.15) is 23.4 Å². The van der Waals surface area contributed by atoms with E-state index in [0.29, 0.717) is 30.3 Å². The quantitative estimate of drug-likeness (QED) is 0.0564. The third kappa shape index (κ3) is 16.8. The summed E-state index contributed by atoms with van der Waals surface area (Å²) in [5, 5.41) is 16.7. The second kappa shape index (κ2) is 18.4. The molecule has 0 aliphatic heterocycles. The van der Waals surface area contributed by atoms with Gasteiger partial charge in [0.15, 0.2) is 4.98 Å². The van der Waals surface area contributed by atoms with Gasteiger partial charge in [-0.05, 0) is 73.5 Å². The predicted molar refractivity (Wildman–Crippen MR) is 151 cm³/mol. The molecule has 0 amide bonds. The normalized spacial score (nSPS) is 11.5. The number of benzene rings is 3. The van der Waals surface area contributed by atoms with Gasteiger partial charge < -0.3 is 26.7 Å². The molecular weight excluding hydrogens is 580 g/mol. The molecule has 0 atom stereocenters. The van der Waals surface area contributed by atoms with Crippen LogP contribution in [0.2, 0.25) is 0 Å². The average molecular weight is 612 g/mol. The number of hydrogen-bond acceptors (Lipinski definition) is 5. The Morgan fingerprint density at radius 2 is 0.930 bits per heavy atom. The van der Waals surface area contributed by atoms with Crippen molar-refractivity contribution in [1.29, 1.82) is 5.39 Å². The van der Waals surface area contributed by atoms with Gasteiger partial charge in [-0.25, -0.2) is 0 Å². The van der Waals surface area contributed by atoms with Crippen molar-refractivity contribution in [3.05, 3.63) is 83.3 Å². The van der Waals surface area contributed by atoms with Crippen molar-refractivity contribution in [2.24, 2.45) is 10.2 Å². The zero-order valence-electron chi connectivity index (χ0n) is 23.3. The van der Waals surface area contributed by atoms with Crippen molar-refractivity contribution in [1.82, 2.24) is 0 Å². The van der Waals surface area contributed by atoms with Crippen LogP contribution in [0, 0.1) is 5.39 Å². The molecule has 3 aromatic carbocycles. The Morgan fingerprint density at radius 3 is 1.30 bits per heavy atom. The van der Waals surface area contributed by atoms with Gasteiger partial charge in [-0.15, -0.1) is 0 Å². The molecule has 3 aromatic rings. The second-order valence-electron chi connectivity index (χ2n) is 9.35. The van der Waals surface area contributed by atoms with Gasteiger partial charge in [-0.3, -0.25) is 0 Å². The number of unbranched alkanes of at least 4 members (excludes halogenated alkanes) is 7. The fourth-order valence-electron chi connectivity index (χ4n) is 3.70. The van der Waals surface area contributed by atoms with Crippen molar-refractivity contribution >= 4 is 24.3 Å². The van der Waals surface area contributed by atoms with E-state index in [4.69, 9.17) is 14.9 Å². The first-order valence-corrected chi connectivity index (χ1v) is 13.7. The van der Waals surface area contributed by atoms with Gasteiger partial charge in [0.25, 0.3) is 0 Å². The maximum Gasteiger partial charge on any atom is 0.673 e. The summed E-state index contributed by atoms with van der Waals surface area (Å²) in [4.78, 5) is 3.12. The lowest BCUT2D eigenvalue weighted by atomic mass is 10.1. The SMILES string of the molecule is F[B-](F)(F)F.N#[N+]c1ccc(OCCCCCCCCCCOc2ccc(/N=N/c3ccc(C(F)(F)F)cc3)cc2)cc1. The molecule has 0 aromatic heterocycles. The van der Waals surface area contributed by atoms with Crippen LogP contribution in [-0.4, -0.2) is 20.5 Å². The van der Waals surface area contributed by atoms with E-state index in [9.17, 15) is 30.4 Å². The van der Waals surface area contributed by atoms with Crippen molar-refractivity contribution < 1.29 is 39.9 Å². The number of nitrogens with zero attached hydrogens (tertiary/aromatic N) is 4. The maximum atomic E-state index is 12.6. The molecule has 0 radical (unpaired) electrons. The molecule has 14 heteroatoms. The number of rotatable bonds is 15. The summed E-state index contributed by atoms with van der Waals surface area (Å²) in [6, 6.07) is 18.7. The van der Waals surface area contributed by atoms with Gasteiger partial charge in [0.05, 0.1) is 30.2 Å². The topological polar surface area (TPSA) is 71.3 Å². The largest absolute Gasteiger partial charge is 0.673 e. The summed E-state index contributed by atoms with van der Waals surface area (Å²) < 4.78 is 88.3. The first kappa shape index (κ1) is 35.1. The summed E-state index contributed by atoms with van der Waals surface area (Å²) in [5.41, 5.74) is 0.750. The van der Waals surface area contributed by atoms with E-state index < -0.39 is 19.0 Å². The summed E-state index contributed by atoms with van der Waals surface area (Å²) in [7, 11) is -6.00. The first-order valence-electron chi connectivity index (χ1n) is 13.7.